The van der Waals surface area contributed by atoms with Crippen molar-refractivity contribution in [3.63, 3.8) is 0 Å². The van der Waals surface area contributed by atoms with Gasteiger partial charge in [-0.25, -0.2) is 0 Å². The largest absolute Gasteiger partial charge is 0.486 e. The molecule has 1 aromatic heterocycles. The molecule has 0 aliphatic heterocycles. The van der Waals surface area contributed by atoms with Crippen molar-refractivity contribution >= 4 is 0 Å². The van der Waals surface area contributed by atoms with Crippen LogP contribution in [0.5, 0.6) is 5.75 Å². The van der Waals surface area contributed by atoms with E-state index in [0.29, 0.717) is 12.5 Å². The van der Waals surface area contributed by atoms with E-state index in [0.717, 1.165) is 17.2 Å². The predicted octanol–water partition coefficient (Wildman–Crippen LogP) is 4.71. The maximum Gasteiger partial charge on any atom is 0.174 e. The lowest BCUT2D eigenvalue weighted by Crippen LogP contribution is -2.15. The summed E-state index contributed by atoms with van der Waals surface area (Å²) in [7, 11) is 0. The van der Waals surface area contributed by atoms with Crippen LogP contribution in [0.25, 0.3) is 0 Å². The molecule has 1 atom stereocenters. The van der Waals surface area contributed by atoms with Crippen molar-refractivity contribution in [1.29, 1.82) is 0 Å². The molecule has 0 spiro atoms. The number of nitrogens with zero attached hydrogens (tertiary/aromatic N) is 1. The van der Waals surface area contributed by atoms with E-state index < -0.39 is 0 Å². The van der Waals surface area contributed by atoms with Crippen molar-refractivity contribution in [3.05, 3.63) is 47.3 Å². The molecule has 0 saturated heterocycles. The van der Waals surface area contributed by atoms with Gasteiger partial charge in [0.05, 0.1) is 5.69 Å². The Hall–Kier alpha value is -1.77. The molecule has 2 rings (SSSR count). The molecule has 0 bridgehead atoms. The summed E-state index contributed by atoms with van der Waals surface area (Å²) >= 11 is 0. The Kier molecular flexibility index (Phi) is 4.17. The minimum atomic E-state index is 0.237. The zero-order valence-corrected chi connectivity index (χ0v) is 12.9. The highest BCUT2D eigenvalue weighted by Gasteiger charge is 2.21. The van der Waals surface area contributed by atoms with Gasteiger partial charge >= 0.3 is 0 Å². The molecule has 0 saturated carbocycles. The van der Waals surface area contributed by atoms with E-state index in [1.807, 2.05) is 25.1 Å². The van der Waals surface area contributed by atoms with Crippen LogP contribution in [0.1, 0.15) is 50.6 Å². The molecule has 3 nitrogen and oxygen atoms in total. The fourth-order valence-corrected chi connectivity index (χ4v) is 2.01. The third-order valence-electron chi connectivity index (χ3n) is 3.71. The molecule has 1 unspecified atom stereocenters. The number of aromatic nitrogens is 1. The van der Waals surface area contributed by atoms with Gasteiger partial charge < -0.3 is 9.26 Å². The quantitative estimate of drug-likeness (QED) is 0.809. The third kappa shape index (κ3) is 3.62. The first-order chi connectivity index (χ1) is 9.36. The van der Waals surface area contributed by atoms with Gasteiger partial charge in [-0.15, -0.1) is 0 Å². The number of benzene rings is 1. The van der Waals surface area contributed by atoms with Crippen molar-refractivity contribution < 1.29 is 9.26 Å². The van der Waals surface area contributed by atoms with Crippen LogP contribution in [0.15, 0.2) is 34.9 Å². The van der Waals surface area contributed by atoms with Gasteiger partial charge in [0.1, 0.15) is 12.4 Å². The van der Waals surface area contributed by atoms with Gasteiger partial charge in [-0.2, -0.15) is 0 Å². The van der Waals surface area contributed by atoms with Gasteiger partial charge in [0, 0.05) is 6.07 Å². The molecule has 20 heavy (non-hydrogen) atoms. The molecule has 0 aliphatic carbocycles. The number of rotatable bonds is 4. The van der Waals surface area contributed by atoms with E-state index in [1.54, 1.807) is 0 Å². The van der Waals surface area contributed by atoms with Gasteiger partial charge in [-0.05, 0) is 36.0 Å². The van der Waals surface area contributed by atoms with Crippen LogP contribution in [0.2, 0.25) is 0 Å². The van der Waals surface area contributed by atoms with Crippen LogP contribution in [0, 0.1) is 12.3 Å². The van der Waals surface area contributed by atoms with Crippen molar-refractivity contribution in [2.75, 3.05) is 0 Å². The van der Waals surface area contributed by atoms with Gasteiger partial charge in [-0.1, -0.05) is 45.0 Å². The van der Waals surface area contributed by atoms with Crippen LogP contribution >= 0.6 is 0 Å². The molecule has 0 N–H and O–H groups in total. The van der Waals surface area contributed by atoms with Crippen LogP contribution in [-0.2, 0) is 6.61 Å². The zero-order chi connectivity index (χ0) is 14.8. The highest BCUT2D eigenvalue weighted by Crippen LogP contribution is 2.35. The maximum absolute atomic E-state index is 5.78. The molecule has 0 radical (unpaired) electrons. The molecule has 3 heteroatoms. The Balaban J connectivity index is 2.06. The smallest absolute Gasteiger partial charge is 0.174 e. The average molecular weight is 273 g/mol. The second-order valence-corrected chi connectivity index (χ2v) is 6.38. The van der Waals surface area contributed by atoms with Crippen LogP contribution in [-0.4, -0.2) is 5.16 Å². The van der Waals surface area contributed by atoms with Crippen LogP contribution < -0.4 is 4.74 Å². The first-order valence-corrected chi connectivity index (χ1v) is 7.01. The molecule has 1 heterocycles. The van der Waals surface area contributed by atoms with E-state index in [-0.39, 0.29) is 5.41 Å². The van der Waals surface area contributed by atoms with E-state index in [4.69, 9.17) is 9.26 Å². The fourth-order valence-electron chi connectivity index (χ4n) is 2.01. The van der Waals surface area contributed by atoms with Gasteiger partial charge in [0.2, 0.25) is 0 Å². The van der Waals surface area contributed by atoms with E-state index in [1.165, 1.54) is 5.56 Å². The van der Waals surface area contributed by atoms with Gasteiger partial charge in [0.25, 0.3) is 0 Å². The standard InChI is InChI=1S/C17H23NO2/c1-12-9-16(20-18-12)11-19-15-8-6-7-14(10-15)13(2)17(3,4)5/h6-10,13H,11H2,1-5H3. The number of aryl methyl sites for hydroxylation is 1. The second kappa shape index (κ2) is 5.70. The van der Waals surface area contributed by atoms with E-state index in [9.17, 15) is 0 Å². The normalized spacial score (nSPS) is 13.2. The van der Waals surface area contributed by atoms with Crippen molar-refractivity contribution in [2.45, 2.75) is 47.1 Å². The number of hydrogen-bond acceptors (Lipinski definition) is 3. The Morgan fingerprint density at radius 2 is 2.00 bits per heavy atom. The van der Waals surface area contributed by atoms with Gasteiger partial charge in [0.15, 0.2) is 5.76 Å². The lowest BCUT2D eigenvalue weighted by Gasteiger charge is -2.27. The SMILES string of the molecule is Cc1cc(COc2cccc(C(C)C(C)(C)C)c2)on1. The Labute approximate surface area is 120 Å². The Morgan fingerprint density at radius 3 is 2.60 bits per heavy atom. The van der Waals surface area contributed by atoms with Crippen molar-refractivity contribution in [1.82, 2.24) is 5.16 Å². The summed E-state index contributed by atoms with van der Waals surface area (Å²) in [6.45, 7) is 11.3. The summed E-state index contributed by atoms with van der Waals surface area (Å²) in [5.74, 6) is 2.09. The monoisotopic (exact) mass is 273 g/mol. The molecular weight excluding hydrogens is 250 g/mol. The number of ether oxygens (including phenoxy) is 1. The van der Waals surface area contributed by atoms with Crippen molar-refractivity contribution in [3.8, 4) is 5.75 Å². The molecule has 0 aliphatic rings. The number of hydrogen-bond donors (Lipinski definition) is 0. The van der Waals surface area contributed by atoms with Gasteiger partial charge in [-0.3, -0.25) is 0 Å². The minimum Gasteiger partial charge on any atom is -0.486 e. The summed E-state index contributed by atoms with van der Waals surface area (Å²) in [5, 5.41) is 3.85. The first kappa shape index (κ1) is 14.6. The molecular formula is C17H23NO2. The minimum absolute atomic E-state index is 0.237. The predicted molar refractivity (Wildman–Crippen MR) is 79.9 cm³/mol. The maximum atomic E-state index is 5.78. The van der Waals surface area contributed by atoms with E-state index in [2.05, 4.69) is 45.0 Å². The zero-order valence-electron chi connectivity index (χ0n) is 12.9. The summed E-state index contributed by atoms with van der Waals surface area (Å²) < 4.78 is 10.9. The lowest BCUT2D eigenvalue weighted by molar-refractivity contribution is 0.248. The van der Waals surface area contributed by atoms with E-state index >= 15 is 0 Å². The highest BCUT2D eigenvalue weighted by molar-refractivity contribution is 5.31. The Morgan fingerprint density at radius 1 is 1.25 bits per heavy atom. The van der Waals surface area contributed by atoms with Crippen LogP contribution in [0.4, 0.5) is 0 Å². The summed E-state index contributed by atoms with van der Waals surface area (Å²) in [6.07, 6.45) is 0. The van der Waals surface area contributed by atoms with Crippen molar-refractivity contribution in [2.24, 2.45) is 5.41 Å². The molecule has 2 aromatic rings. The topological polar surface area (TPSA) is 35.3 Å². The second-order valence-electron chi connectivity index (χ2n) is 6.38. The molecule has 108 valence electrons. The summed E-state index contributed by atoms with van der Waals surface area (Å²) in [5.41, 5.74) is 2.41. The first-order valence-electron chi connectivity index (χ1n) is 7.01. The lowest BCUT2D eigenvalue weighted by atomic mass is 9.78. The fraction of sp³-hybridized carbons (Fsp3) is 0.471. The summed E-state index contributed by atoms with van der Waals surface area (Å²) in [4.78, 5) is 0. The molecule has 0 amide bonds. The summed E-state index contributed by atoms with van der Waals surface area (Å²) in [6, 6.07) is 10.2. The Bertz CT molecular complexity index is 566. The van der Waals surface area contributed by atoms with Crippen LogP contribution in [0.3, 0.4) is 0 Å². The highest BCUT2D eigenvalue weighted by atomic mass is 16.5. The average Bonchev–Trinajstić information content (AvgIpc) is 2.80. The third-order valence-corrected chi connectivity index (χ3v) is 3.71. The molecule has 0 fully saturated rings. The molecule has 1 aromatic carbocycles.